The third kappa shape index (κ3) is 4.64. The molecule has 0 aliphatic carbocycles. The number of methoxy groups -OCH3 is 1. The van der Waals surface area contributed by atoms with Crippen molar-refractivity contribution >= 4 is 34.4 Å². The Morgan fingerprint density at radius 2 is 2.06 bits per heavy atom. The lowest BCUT2D eigenvalue weighted by Gasteiger charge is -2.16. The Kier molecular flexibility index (Phi) is 6.37. The first-order valence-corrected chi connectivity index (χ1v) is 10.2. The van der Waals surface area contributed by atoms with Gasteiger partial charge in [0.1, 0.15) is 12.1 Å². The summed E-state index contributed by atoms with van der Waals surface area (Å²) < 4.78 is 6.78. The van der Waals surface area contributed by atoms with Crippen LogP contribution in [0, 0.1) is 5.92 Å². The van der Waals surface area contributed by atoms with Crippen LogP contribution in [0.4, 0.5) is 11.5 Å². The third-order valence-corrected chi connectivity index (χ3v) is 5.22. The van der Waals surface area contributed by atoms with Gasteiger partial charge in [-0.2, -0.15) is 5.10 Å². The molecule has 162 valence electrons. The molecule has 4 rings (SSSR count). The van der Waals surface area contributed by atoms with Crippen LogP contribution in [0.3, 0.4) is 0 Å². The van der Waals surface area contributed by atoms with E-state index in [-0.39, 0.29) is 24.2 Å². The van der Waals surface area contributed by atoms with E-state index in [1.807, 2.05) is 30.3 Å². The normalized spacial score (nSPS) is 16.1. The third-order valence-electron chi connectivity index (χ3n) is 5.22. The average molecular weight is 423 g/mol. The van der Waals surface area contributed by atoms with Crippen LogP contribution >= 0.6 is 0 Å². The molecule has 10 nitrogen and oxygen atoms in total. The molecule has 1 fully saturated rings. The van der Waals surface area contributed by atoms with Crippen molar-refractivity contribution < 1.29 is 14.3 Å². The number of hydrogen-bond donors (Lipinski definition) is 2. The van der Waals surface area contributed by atoms with Gasteiger partial charge in [-0.05, 0) is 12.1 Å². The minimum atomic E-state index is -0.360. The molecule has 1 atom stereocenters. The number of fused-ring (bicyclic) bond motifs is 1. The molecule has 1 saturated heterocycles. The molecular formula is C21H25N7O3. The Morgan fingerprint density at radius 3 is 2.87 bits per heavy atom. The van der Waals surface area contributed by atoms with Crippen LogP contribution < -0.4 is 15.5 Å². The second-order valence-corrected chi connectivity index (χ2v) is 7.28. The second-order valence-electron chi connectivity index (χ2n) is 7.28. The number of nitrogens with one attached hydrogen (secondary N) is 2. The molecule has 1 aliphatic rings. The number of hydrogen-bond acceptors (Lipinski definition) is 7. The van der Waals surface area contributed by atoms with E-state index in [1.165, 1.54) is 6.33 Å². The summed E-state index contributed by atoms with van der Waals surface area (Å²) in [6.07, 6.45) is 3.41. The first kappa shape index (κ1) is 20.7. The molecule has 31 heavy (non-hydrogen) atoms. The minimum Gasteiger partial charge on any atom is -0.383 e. The number of rotatable bonds is 9. The number of carbonyl (C=O) groups is 2. The van der Waals surface area contributed by atoms with Gasteiger partial charge < -0.3 is 20.3 Å². The Hall–Kier alpha value is -3.53. The molecule has 2 aromatic heterocycles. The SMILES string of the molecule is COCCNc1ncnc2c1cnn2CCNC(=O)C1CC(=O)N(c2ccccc2)C1. The maximum absolute atomic E-state index is 12.6. The van der Waals surface area contributed by atoms with Crippen molar-refractivity contribution in [1.82, 2.24) is 25.1 Å². The molecule has 3 aromatic rings. The molecule has 3 heterocycles. The van der Waals surface area contributed by atoms with Gasteiger partial charge in [-0.1, -0.05) is 18.2 Å². The molecular weight excluding hydrogens is 398 g/mol. The quantitative estimate of drug-likeness (QED) is 0.495. The summed E-state index contributed by atoms with van der Waals surface area (Å²) in [6, 6.07) is 9.41. The molecule has 1 unspecified atom stereocenters. The Morgan fingerprint density at radius 1 is 1.23 bits per heavy atom. The number of aromatic nitrogens is 4. The van der Waals surface area contributed by atoms with Crippen LogP contribution in [0.5, 0.6) is 0 Å². The summed E-state index contributed by atoms with van der Waals surface area (Å²) >= 11 is 0. The van der Waals surface area contributed by atoms with Crippen molar-refractivity contribution in [2.45, 2.75) is 13.0 Å². The maximum Gasteiger partial charge on any atom is 0.227 e. The van der Waals surface area contributed by atoms with Crippen molar-refractivity contribution in [2.75, 3.05) is 43.6 Å². The number of para-hydroxylation sites is 1. The molecule has 2 N–H and O–H groups in total. The number of anilines is 2. The first-order valence-electron chi connectivity index (χ1n) is 10.2. The molecule has 2 amide bonds. The summed E-state index contributed by atoms with van der Waals surface area (Å²) in [5, 5.41) is 11.3. The largest absolute Gasteiger partial charge is 0.383 e. The monoisotopic (exact) mass is 423 g/mol. The summed E-state index contributed by atoms with van der Waals surface area (Å²) in [5.41, 5.74) is 1.51. The zero-order valence-corrected chi connectivity index (χ0v) is 17.3. The number of ether oxygens (including phenoxy) is 1. The van der Waals surface area contributed by atoms with E-state index in [9.17, 15) is 9.59 Å². The summed E-state index contributed by atoms with van der Waals surface area (Å²) in [5.74, 6) is 0.179. The molecule has 1 aliphatic heterocycles. The van der Waals surface area contributed by atoms with Gasteiger partial charge in [-0.25, -0.2) is 14.6 Å². The van der Waals surface area contributed by atoms with E-state index < -0.39 is 0 Å². The van der Waals surface area contributed by atoms with Crippen LogP contribution in [0.25, 0.3) is 11.0 Å². The van der Waals surface area contributed by atoms with E-state index in [0.717, 1.165) is 11.1 Å². The highest BCUT2D eigenvalue weighted by molar-refractivity contribution is 6.00. The van der Waals surface area contributed by atoms with E-state index >= 15 is 0 Å². The fraction of sp³-hybridized carbons (Fsp3) is 0.381. The lowest BCUT2D eigenvalue weighted by atomic mass is 10.1. The van der Waals surface area contributed by atoms with Gasteiger partial charge in [0.2, 0.25) is 11.8 Å². The average Bonchev–Trinajstić information content (AvgIpc) is 3.39. The predicted octanol–water partition coefficient (Wildman–Crippen LogP) is 1.05. The van der Waals surface area contributed by atoms with Crippen molar-refractivity contribution in [3.05, 3.63) is 42.9 Å². The fourth-order valence-electron chi connectivity index (χ4n) is 3.64. The van der Waals surface area contributed by atoms with Gasteiger partial charge in [-0.3, -0.25) is 9.59 Å². The summed E-state index contributed by atoms with van der Waals surface area (Å²) in [6.45, 7) is 2.44. The van der Waals surface area contributed by atoms with Gasteiger partial charge in [0, 0.05) is 38.9 Å². The molecule has 10 heteroatoms. The lowest BCUT2D eigenvalue weighted by molar-refractivity contribution is -0.126. The first-order chi connectivity index (χ1) is 15.2. The van der Waals surface area contributed by atoms with Crippen molar-refractivity contribution in [3.63, 3.8) is 0 Å². The van der Waals surface area contributed by atoms with E-state index in [4.69, 9.17) is 4.74 Å². The van der Waals surface area contributed by atoms with Crippen molar-refractivity contribution in [2.24, 2.45) is 5.92 Å². The summed E-state index contributed by atoms with van der Waals surface area (Å²) in [4.78, 5) is 35.2. The van der Waals surface area contributed by atoms with Crippen LogP contribution in [0.15, 0.2) is 42.9 Å². The highest BCUT2D eigenvalue weighted by Gasteiger charge is 2.34. The second kappa shape index (κ2) is 9.52. The molecule has 0 bridgehead atoms. The lowest BCUT2D eigenvalue weighted by Crippen LogP contribution is -2.35. The van der Waals surface area contributed by atoms with Gasteiger partial charge in [-0.15, -0.1) is 0 Å². The van der Waals surface area contributed by atoms with Crippen molar-refractivity contribution in [1.29, 1.82) is 0 Å². The van der Waals surface area contributed by atoms with E-state index in [0.29, 0.717) is 44.3 Å². The van der Waals surface area contributed by atoms with Crippen LogP contribution in [0.1, 0.15) is 6.42 Å². The molecule has 0 saturated carbocycles. The van der Waals surface area contributed by atoms with E-state index in [1.54, 1.807) is 22.9 Å². The van der Waals surface area contributed by atoms with Gasteiger partial charge in [0.15, 0.2) is 5.65 Å². The minimum absolute atomic E-state index is 0.0328. The number of benzene rings is 1. The van der Waals surface area contributed by atoms with Gasteiger partial charge in [0.25, 0.3) is 0 Å². The Labute approximate surface area is 179 Å². The zero-order valence-electron chi connectivity index (χ0n) is 17.3. The number of carbonyl (C=O) groups excluding carboxylic acids is 2. The number of nitrogens with zero attached hydrogens (tertiary/aromatic N) is 5. The topological polar surface area (TPSA) is 114 Å². The zero-order chi connectivity index (χ0) is 21.6. The smallest absolute Gasteiger partial charge is 0.227 e. The van der Waals surface area contributed by atoms with Crippen LogP contribution in [-0.4, -0.2) is 64.9 Å². The predicted molar refractivity (Wildman–Crippen MR) is 116 cm³/mol. The standard InChI is InChI=1S/C21H25N7O3/c1-31-10-8-22-19-17-12-26-28(20(17)25-14-24-19)9-7-23-21(30)15-11-18(29)27(13-15)16-5-3-2-4-6-16/h2-6,12,14-15H,7-11,13H2,1H3,(H,23,30)(H,22,24,25). The maximum atomic E-state index is 12.6. The summed E-state index contributed by atoms with van der Waals surface area (Å²) in [7, 11) is 1.64. The van der Waals surface area contributed by atoms with Gasteiger partial charge in [0.05, 0.1) is 30.7 Å². The molecule has 0 spiro atoms. The highest BCUT2D eigenvalue weighted by Crippen LogP contribution is 2.25. The fourth-order valence-corrected chi connectivity index (χ4v) is 3.64. The number of amides is 2. The molecule has 1 aromatic carbocycles. The highest BCUT2D eigenvalue weighted by atomic mass is 16.5. The Balaban J connectivity index is 1.32. The van der Waals surface area contributed by atoms with Gasteiger partial charge >= 0.3 is 0 Å². The molecule has 0 radical (unpaired) electrons. The van der Waals surface area contributed by atoms with Crippen LogP contribution in [-0.2, 0) is 20.9 Å². The Bertz CT molecular complexity index is 1050. The van der Waals surface area contributed by atoms with Crippen molar-refractivity contribution in [3.8, 4) is 0 Å². The van der Waals surface area contributed by atoms with Crippen LogP contribution in [0.2, 0.25) is 0 Å². The van der Waals surface area contributed by atoms with E-state index in [2.05, 4.69) is 25.7 Å².